The summed E-state index contributed by atoms with van der Waals surface area (Å²) in [5.74, 6) is 1.04. The zero-order valence-electron chi connectivity index (χ0n) is 17.4. The maximum Gasteiger partial charge on any atom is 0.249 e. The number of nitriles is 1. The van der Waals surface area contributed by atoms with Gasteiger partial charge in [-0.15, -0.1) is 11.3 Å². The predicted octanol–water partition coefficient (Wildman–Crippen LogP) is 6.30. The third kappa shape index (κ3) is 5.35. The summed E-state index contributed by atoms with van der Waals surface area (Å²) < 4.78 is 6.58. The molecule has 1 aliphatic carbocycles. The molecule has 30 heavy (non-hydrogen) atoms. The number of rotatable bonds is 7. The van der Waals surface area contributed by atoms with E-state index in [1.807, 2.05) is 24.3 Å². The Kier molecular flexibility index (Phi) is 7.78. The van der Waals surface area contributed by atoms with E-state index in [4.69, 9.17) is 17.0 Å². The van der Waals surface area contributed by atoms with Gasteiger partial charge >= 0.3 is 0 Å². The molecule has 0 bridgehead atoms. The van der Waals surface area contributed by atoms with Gasteiger partial charge in [0.1, 0.15) is 16.8 Å². The van der Waals surface area contributed by atoms with Crippen LogP contribution in [0, 0.1) is 21.1 Å². The Morgan fingerprint density at radius 1 is 1.40 bits per heavy atom. The van der Waals surface area contributed by atoms with Crippen LogP contribution in [0.4, 0.5) is 5.00 Å². The quantitative estimate of drug-likeness (QED) is 0.313. The number of carbonyl (C=O) groups is 1. The average Bonchev–Trinajstić information content (AvgIpc) is 2.74. The summed E-state index contributed by atoms with van der Waals surface area (Å²) >= 11 is 6.89. The Hall–Kier alpha value is -2.49. The van der Waals surface area contributed by atoms with Crippen molar-refractivity contribution in [3.8, 4) is 11.8 Å². The number of hydrogen-bond acceptors (Lipinski definition) is 5. The Morgan fingerprint density at radius 3 is 2.97 bits per heavy atom. The van der Waals surface area contributed by atoms with E-state index in [-0.39, 0.29) is 5.91 Å². The smallest absolute Gasteiger partial charge is 0.249 e. The van der Waals surface area contributed by atoms with E-state index >= 15 is 0 Å². The number of unbranched alkanes of at least 4 members (excludes halogenated alkanes) is 1. The minimum Gasteiger partial charge on any atom is -0.493 e. The van der Waals surface area contributed by atoms with Crippen LogP contribution in [-0.4, -0.2) is 12.5 Å². The lowest BCUT2D eigenvalue weighted by molar-refractivity contribution is -0.111. The lowest BCUT2D eigenvalue weighted by atomic mass is 9.85. The van der Waals surface area contributed by atoms with Gasteiger partial charge in [0.15, 0.2) is 0 Å². The number of hydrogen-bond donors (Lipinski definition) is 1. The zero-order valence-corrected chi connectivity index (χ0v) is 19.0. The fourth-order valence-corrected chi connectivity index (χ4v) is 4.94. The van der Waals surface area contributed by atoms with Gasteiger partial charge in [0, 0.05) is 11.6 Å². The lowest BCUT2D eigenvalue weighted by Crippen LogP contribution is -2.15. The maximum absolute atomic E-state index is 12.6. The molecule has 1 heterocycles. The summed E-state index contributed by atoms with van der Waals surface area (Å²) in [6.07, 6.45) is 8.03. The molecule has 0 fully saturated rings. The summed E-state index contributed by atoms with van der Waals surface area (Å²) in [5.41, 5.74) is 3.52. The van der Waals surface area contributed by atoms with E-state index in [2.05, 4.69) is 25.2 Å². The second-order valence-corrected chi connectivity index (χ2v) is 9.26. The molecule has 156 valence electrons. The van der Waals surface area contributed by atoms with Gasteiger partial charge in [-0.05, 0) is 54.9 Å². The first-order chi connectivity index (χ1) is 14.5. The predicted molar refractivity (Wildman–Crippen MR) is 126 cm³/mol. The van der Waals surface area contributed by atoms with Gasteiger partial charge in [-0.1, -0.05) is 50.7 Å². The van der Waals surface area contributed by atoms with Crippen molar-refractivity contribution in [3.63, 3.8) is 0 Å². The van der Waals surface area contributed by atoms with E-state index < -0.39 is 0 Å². The fourth-order valence-electron chi connectivity index (χ4n) is 3.54. The maximum atomic E-state index is 12.6. The summed E-state index contributed by atoms with van der Waals surface area (Å²) in [6.45, 7) is 4.97. The Morgan fingerprint density at radius 2 is 2.20 bits per heavy atom. The Bertz CT molecular complexity index is 1050. The number of nitrogens with zero attached hydrogens (tertiary/aromatic N) is 1. The first-order valence-corrected chi connectivity index (χ1v) is 11.6. The number of nitrogens with one attached hydrogen (secondary N) is 1. The molecule has 1 aromatic carbocycles. The molecular formula is C24H26N2O2S2. The third-order valence-corrected chi connectivity index (χ3v) is 6.65. The second kappa shape index (κ2) is 10.5. The highest BCUT2D eigenvalue weighted by Crippen LogP contribution is 2.36. The molecule has 0 radical (unpaired) electrons. The van der Waals surface area contributed by atoms with Crippen molar-refractivity contribution < 1.29 is 9.53 Å². The zero-order chi connectivity index (χ0) is 21.5. The number of amides is 1. The van der Waals surface area contributed by atoms with E-state index in [0.29, 0.717) is 23.1 Å². The third-order valence-electron chi connectivity index (χ3n) is 5.21. The van der Waals surface area contributed by atoms with Crippen LogP contribution < -0.4 is 10.1 Å². The van der Waals surface area contributed by atoms with Crippen molar-refractivity contribution in [2.45, 2.75) is 46.0 Å². The SMILES string of the molecule is CCCCOc1ccccc1/C=C/C(=O)Nc1sc(=S)c2c(c1C#N)CCC(C)C2. The van der Waals surface area contributed by atoms with E-state index in [9.17, 15) is 10.1 Å². The van der Waals surface area contributed by atoms with Gasteiger partial charge in [0.25, 0.3) is 0 Å². The highest BCUT2D eigenvalue weighted by atomic mass is 32.1. The van der Waals surface area contributed by atoms with Crippen molar-refractivity contribution in [2.75, 3.05) is 11.9 Å². The topological polar surface area (TPSA) is 62.1 Å². The van der Waals surface area contributed by atoms with Crippen LogP contribution in [-0.2, 0) is 17.6 Å². The molecule has 0 spiro atoms. The molecule has 0 aliphatic heterocycles. The molecule has 1 atom stereocenters. The van der Waals surface area contributed by atoms with Crippen LogP contribution in [0.2, 0.25) is 0 Å². The summed E-state index contributed by atoms with van der Waals surface area (Å²) in [5, 5.41) is 13.1. The van der Waals surface area contributed by atoms with Crippen molar-refractivity contribution in [1.82, 2.24) is 0 Å². The molecule has 1 N–H and O–H groups in total. The van der Waals surface area contributed by atoms with Crippen LogP contribution in [0.3, 0.4) is 0 Å². The van der Waals surface area contributed by atoms with Gasteiger partial charge in [-0.25, -0.2) is 0 Å². The Labute approximate surface area is 187 Å². The fraction of sp³-hybridized carbons (Fsp3) is 0.375. The molecule has 6 heteroatoms. The first kappa shape index (κ1) is 22.2. The van der Waals surface area contributed by atoms with Crippen LogP contribution in [0.25, 0.3) is 6.08 Å². The molecule has 1 aliphatic rings. The van der Waals surface area contributed by atoms with Gasteiger partial charge in [0.2, 0.25) is 5.91 Å². The largest absolute Gasteiger partial charge is 0.493 e. The van der Waals surface area contributed by atoms with Crippen LogP contribution in [0.15, 0.2) is 30.3 Å². The van der Waals surface area contributed by atoms with Crippen LogP contribution in [0.1, 0.15) is 55.4 Å². The molecule has 0 saturated heterocycles. The molecule has 3 rings (SSSR count). The summed E-state index contributed by atoms with van der Waals surface area (Å²) in [6, 6.07) is 9.93. The van der Waals surface area contributed by atoms with Crippen molar-refractivity contribution >= 4 is 40.5 Å². The summed E-state index contributed by atoms with van der Waals surface area (Å²) in [7, 11) is 0. The van der Waals surface area contributed by atoms with Gasteiger partial charge in [-0.3, -0.25) is 4.79 Å². The molecule has 1 amide bonds. The molecule has 4 nitrogen and oxygen atoms in total. The molecule has 0 saturated carbocycles. The number of benzene rings is 1. The Balaban J connectivity index is 1.78. The van der Waals surface area contributed by atoms with E-state index in [1.54, 1.807) is 6.08 Å². The number of ether oxygens (including phenoxy) is 1. The monoisotopic (exact) mass is 438 g/mol. The highest BCUT2D eigenvalue weighted by Gasteiger charge is 2.23. The van der Waals surface area contributed by atoms with E-state index in [1.165, 1.54) is 17.4 Å². The highest BCUT2D eigenvalue weighted by molar-refractivity contribution is 7.73. The van der Waals surface area contributed by atoms with Gasteiger partial charge < -0.3 is 10.1 Å². The number of carbonyl (C=O) groups excluding carboxylic acids is 1. The lowest BCUT2D eigenvalue weighted by Gasteiger charge is -2.23. The average molecular weight is 439 g/mol. The minimum absolute atomic E-state index is 0.287. The first-order valence-electron chi connectivity index (χ1n) is 10.3. The van der Waals surface area contributed by atoms with E-state index in [0.717, 1.165) is 58.4 Å². The van der Waals surface area contributed by atoms with Crippen molar-refractivity contribution in [1.29, 1.82) is 5.26 Å². The molecule has 2 aromatic rings. The molecular weight excluding hydrogens is 412 g/mol. The molecule has 1 unspecified atom stereocenters. The summed E-state index contributed by atoms with van der Waals surface area (Å²) in [4.78, 5) is 12.6. The normalized spacial score (nSPS) is 15.4. The van der Waals surface area contributed by atoms with Crippen molar-refractivity contribution in [3.05, 3.63) is 56.4 Å². The minimum atomic E-state index is -0.287. The van der Waals surface area contributed by atoms with Crippen molar-refractivity contribution in [2.24, 2.45) is 5.92 Å². The van der Waals surface area contributed by atoms with Gasteiger partial charge in [-0.2, -0.15) is 5.26 Å². The standard InChI is InChI=1S/C24H26N2O2S2/c1-3-4-13-28-21-8-6-5-7-17(21)10-12-22(27)26-23-20(15-25)18-11-9-16(2)14-19(18)24(29)30-23/h5-8,10,12,16H,3-4,9,11,13-14H2,1-2H3,(H,26,27)/b12-10+. The van der Waals surface area contributed by atoms with Crippen LogP contribution in [0.5, 0.6) is 5.75 Å². The van der Waals surface area contributed by atoms with Crippen LogP contribution >= 0.6 is 23.6 Å². The molecule has 1 aromatic heterocycles. The number of fused-ring (bicyclic) bond motifs is 1. The number of para-hydroxylation sites is 1. The number of anilines is 1. The van der Waals surface area contributed by atoms with Gasteiger partial charge in [0.05, 0.1) is 16.0 Å². The second-order valence-electron chi connectivity index (χ2n) is 7.57.